The molecule has 0 saturated heterocycles. The van der Waals surface area contributed by atoms with Gasteiger partial charge in [-0.3, -0.25) is 4.79 Å². The van der Waals surface area contributed by atoms with Gasteiger partial charge in [0.05, 0.1) is 12.4 Å². The summed E-state index contributed by atoms with van der Waals surface area (Å²) in [7, 11) is -1.98. The molecule has 0 unspecified atom stereocenters. The summed E-state index contributed by atoms with van der Waals surface area (Å²) < 4.78 is 26.3. The van der Waals surface area contributed by atoms with Gasteiger partial charge in [-0.1, -0.05) is 0 Å². The number of nitrogens with one attached hydrogen (secondary N) is 3. The van der Waals surface area contributed by atoms with Crippen LogP contribution in [-0.2, 0) is 14.8 Å². The number of nitrogens with zero attached hydrogens (tertiary/aromatic N) is 2. The molecule has 2 rings (SSSR count). The van der Waals surface area contributed by atoms with E-state index in [2.05, 4.69) is 25.3 Å². The molecule has 1 aromatic heterocycles. The molecule has 0 radical (unpaired) electrons. The number of hydrogen-bond acceptors (Lipinski definition) is 6. The molecule has 1 saturated carbocycles. The molecule has 1 aromatic rings. The Kier molecular flexibility index (Phi) is 5.07. The first-order chi connectivity index (χ1) is 10.0. The smallest absolute Gasteiger partial charge is 0.243 e. The summed E-state index contributed by atoms with van der Waals surface area (Å²) in [5.74, 6) is 0.323. The zero-order valence-corrected chi connectivity index (χ0v) is 12.6. The molecule has 0 aromatic carbocycles. The van der Waals surface area contributed by atoms with Gasteiger partial charge in [-0.05, 0) is 19.3 Å². The van der Waals surface area contributed by atoms with Gasteiger partial charge in [-0.15, -0.1) is 0 Å². The maximum absolute atomic E-state index is 12.0. The minimum atomic E-state index is -3.63. The van der Waals surface area contributed by atoms with Gasteiger partial charge in [0.15, 0.2) is 0 Å². The zero-order chi connectivity index (χ0) is 15.3. The van der Waals surface area contributed by atoms with Crippen molar-refractivity contribution in [3.8, 4) is 0 Å². The third kappa shape index (κ3) is 4.94. The molecule has 9 heteroatoms. The van der Waals surface area contributed by atoms with Crippen LogP contribution in [0.3, 0.4) is 0 Å². The fourth-order valence-electron chi connectivity index (χ4n) is 1.65. The van der Waals surface area contributed by atoms with E-state index in [1.54, 1.807) is 7.05 Å². The molecule has 0 bridgehead atoms. The summed E-state index contributed by atoms with van der Waals surface area (Å²) >= 11 is 0. The van der Waals surface area contributed by atoms with Gasteiger partial charge in [0.2, 0.25) is 21.9 Å². The molecule has 1 amide bonds. The van der Waals surface area contributed by atoms with Gasteiger partial charge < -0.3 is 10.6 Å². The molecule has 1 aliphatic rings. The molecule has 3 N–H and O–H groups in total. The van der Waals surface area contributed by atoms with Crippen molar-refractivity contribution < 1.29 is 13.2 Å². The van der Waals surface area contributed by atoms with Crippen LogP contribution in [0.25, 0.3) is 0 Å². The van der Waals surface area contributed by atoms with Crippen LogP contribution in [0.1, 0.15) is 25.7 Å². The number of rotatable bonds is 8. The van der Waals surface area contributed by atoms with E-state index >= 15 is 0 Å². The normalized spacial score (nSPS) is 14.7. The van der Waals surface area contributed by atoms with E-state index in [4.69, 9.17) is 0 Å². The van der Waals surface area contributed by atoms with E-state index in [1.165, 1.54) is 12.4 Å². The number of aromatic nitrogens is 2. The van der Waals surface area contributed by atoms with E-state index in [9.17, 15) is 13.2 Å². The summed E-state index contributed by atoms with van der Waals surface area (Å²) in [4.78, 5) is 19.2. The zero-order valence-electron chi connectivity index (χ0n) is 11.8. The van der Waals surface area contributed by atoms with Crippen molar-refractivity contribution in [1.82, 2.24) is 20.0 Å². The highest BCUT2D eigenvalue weighted by atomic mass is 32.2. The average Bonchev–Trinajstić information content (AvgIpc) is 3.27. The minimum Gasteiger partial charge on any atom is -0.357 e. The summed E-state index contributed by atoms with van der Waals surface area (Å²) in [6.07, 6.45) is 5.32. The Morgan fingerprint density at radius 3 is 2.57 bits per heavy atom. The van der Waals surface area contributed by atoms with E-state index in [-0.39, 0.29) is 17.3 Å². The second-order valence-electron chi connectivity index (χ2n) is 4.84. The summed E-state index contributed by atoms with van der Waals surface area (Å²) in [6.45, 7) is 0.203. The second-order valence-corrected chi connectivity index (χ2v) is 6.60. The lowest BCUT2D eigenvalue weighted by Crippen LogP contribution is -2.28. The van der Waals surface area contributed by atoms with Gasteiger partial charge in [-0.25, -0.2) is 23.1 Å². The first-order valence-electron chi connectivity index (χ1n) is 6.80. The molecule has 1 heterocycles. The van der Waals surface area contributed by atoms with Crippen LogP contribution in [0, 0.1) is 0 Å². The van der Waals surface area contributed by atoms with Crippen molar-refractivity contribution in [3.05, 3.63) is 12.4 Å². The Hall–Kier alpha value is -1.74. The van der Waals surface area contributed by atoms with Gasteiger partial charge in [0.1, 0.15) is 4.90 Å². The fraction of sp³-hybridized carbons (Fsp3) is 0.583. The highest BCUT2D eigenvalue weighted by molar-refractivity contribution is 7.89. The predicted molar refractivity (Wildman–Crippen MR) is 77.2 cm³/mol. The van der Waals surface area contributed by atoms with Gasteiger partial charge >= 0.3 is 0 Å². The van der Waals surface area contributed by atoms with Crippen LogP contribution >= 0.6 is 0 Å². The molecular formula is C12H19N5O3S. The van der Waals surface area contributed by atoms with Crippen molar-refractivity contribution in [2.24, 2.45) is 0 Å². The van der Waals surface area contributed by atoms with E-state index in [0.29, 0.717) is 24.8 Å². The predicted octanol–water partition coefficient (Wildman–Crippen LogP) is -0.145. The summed E-state index contributed by atoms with van der Waals surface area (Å²) in [5, 5.41) is 5.56. The van der Waals surface area contributed by atoms with Crippen LogP contribution in [-0.4, -0.2) is 43.9 Å². The Balaban J connectivity index is 1.76. The highest BCUT2D eigenvalue weighted by Crippen LogP contribution is 2.18. The first-order valence-corrected chi connectivity index (χ1v) is 8.28. The largest absolute Gasteiger partial charge is 0.357 e. The van der Waals surface area contributed by atoms with Crippen molar-refractivity contribution in [2.45, 2.75) is 36.6 Å². The molecule has 1 fully saturated rings. The molecule has 0 atom stereocenters. The van der Waals surface area contributed by atoms with Crippen LogP contribution in [0.5, 0.6) is 0 Å². The number of amides is 1. The second kappa shape index (κ2) is 6.81. The topological polar surface area (TPSA) is 113 Å². The number of sulfonamides is 1. The first kappa shape index (κ1) is 15.6. The Morgan fingerprint density at radius 2 is 2.00 bits per heavy atom. The van der Waals surface area contributed by atoms with Crippen molar-refractivity contribution in [2.75, 3.05) is 18.9 Å². The molecule has 8 nitrogen and oxygen atoms in total. The molecule has 0 aliphatic heterocycles. The third-order valence-electron chi connectivity index (χ3n) is 2.98. The van der Waals surface area contributed by atoms with E-state index < -0.39 is 10.0 Å². The maximum atomic E-state index is 12.0. The fourth-order valence-corrected chi connectivity index (χ4v) is 2.61. The SMILES string of the molecule is CNc1ncc(S(=O)(=O)NCCCC(=O)NC2CC2)cn1. The van der Waals surface area contributed by atoms with Gasteiger partial charge in [-0.2, -0.15) is 0 Å². The van der Waals surface area contributed by atoms with Crippen molar-refractivity contribution >= 4 is 21.9 Å². The Morgan fingerprint density at radius 1 is 1.33 bits per heavy atom. The lowest BCUT2D eigenvalue weighted by molar-refractivity contribution is -0.121. The monoisotopic (exact) mass is 313 g/mol. The number of hydrogen-bond donors (Lipinski definition) is 3. The summed E-state index contributed by atoms with van der Waals surface area (Å²) in [5.41, 5.74) is 0. The maximum Gasteiger partial charge on any atom is 0.243 e. The lowest BCUT2D eigenvalue weighted by atomic mass is 10.3. The van der Waals surface area contributed by atoms with E-state index in [0.717, 1.165) is 12.8 Å². The minimum absolute atomic E-state index is 0.00364. The highest BCUT2D eigenvalue weighted by Gasteiger charge is 2.22. The summed E-state index contributed by atoms with van der Waals surface area (Å²) in [6, 6.07) is 0.331. The van der Waals surface area contributed by atoms with Crippen LogP contribution in [0.15, 0.2) is 17.3 Å². The average molecular weight is 313 g/mol. The lowest BCUT2D eigenvalue weighted by Gasteiger charge is -2.07. The van der Waals surface area contributed by atoms with Gasteiger partial charge in [0, 0.05) is 26.1 Å². The van der Waals surface area contributed by atoms with Crippen molar-refractivity contribution in [3.63, 3.8) is 0 Å². The Bertz CT molecular complexity index is 583. The number of anilines is 1. The van der Waals surface area contributed by atoms with Crippen LogP contribution in [0.2, 0.25) is 0 Å². The molecule has 21 heavy (non-hydrogen) atoms. The third-order valence-corrected chi connectivity index (χ3v) is 4.39. The molecule has 1 aliphatic carbocycles. The van der Waals surface area contributed by atoms with Gasteiger partial charge in [0.25, 0.3) is 0 Å². The van der Waals surface area contributed by atoms with Crippen molar-refractivity contribution in [1.29, 1.82) is 0 Å². The molecule has 0 spiro atoms. The standard InChI is InChI=1S/C12H19N5O3S/c1-13-12-14-7-10(8-15-12)21(19,20)16-6-2-3-11(18)17-9-4-5-9/h7-9,16H,2-6H2,1H3,(H,17,18)(H,13,14,15). The quantitative estimate of drug-likeness (QED) is 0.576. The molecule has 116 valence electrons. The van der Waals surface area contributed by atoms with E-state index in [1.807, 2.05) is 0 Å². The van der Waals surface area contributed by atoms with Crippen LogP contribution < -0.4 is 15.4 Å². The van der Waals surface area contributed by atoms with Crippen LogP contribution in [0.4, 0.5) is 5.95 Å². The Labute approximate surface area is 123 Å². The number of carbonyl (C=O) groups excluding carboxylic acids is 1. The molecular weight excluding hydrogens is 294 g/mol. The number of carbonyl (C=O) groups is 1.